The Hall–Kier alpha value is 0. The quantitative estimate of drug-likeness (QED) is 0.0533. The zero-order valence-electron chi connectivity index (χ0n) is 53.6. The Kier molecular flexibility index (Phi) is 74.0. The Morgan fingerprint density at radius 3 is 0.147 bits per heavy atom. The summed E-state index contributed by atoms with van der Waals surface area (Å²) >= 11 is 0. The second kappa shape index (κ2) is 74.0. The number of hydrogen-bond acceptors (Lipinski definition) is 0. The van der Waals surface area contributed by atoms with Crippen LogP contribution in [0, 0.1) is 0 Å². The van der Waals surface area contributed by atoms with Gasteiger partial charge in [-0.2, -0.15) is 0 Å². The monoisotopic (exact) mass is 1050 g/mol. The first-order valence-corrected chi connectivity index (χ1v) is 37.4. The van der Waals surface area contributed by atoms with Crippen LogP contribution in [0.1, 0.15) is 483 Å². The summed E-state index contributed by atoms with van der Waals surface area (Å²) < 4.78 is 0. The number of hydrogen-bond donors (Lipinski definition) is 0. The molecule has 0 aromatic carbocycles. The lowest BCUT2D eigenvalue weighted by molar-refractivity contribution is 0.506. The van der Waals surface area contributed by atoms with E-state index in [0.717, 1.165) is 0 Å². The highest BCUT2D eigenvalue weighted by atomic mass is 14.1. The average molecular weight is 1050 g/mol. The molecule has 0 bridgehead atoms. The van der Waals surface area contributed by atoms with E-state index in [4.69, 9.17) is 0 Å². The molecule has 0 amide bonds. The van der Waals surface area contributed by atoms with Crippen LogP contribution in [0.25, 0.3) is 0 Å². The zero-order valence-corrected chi connectivity index (χ0v) is 53.6. The van der Waals surface area contributed by atoms with E-state index in [1.165, 1.54) is 469 Å². The summed E-state index contributed by atoms with van der Waals surface area (Å²) in [6, 6.07) is 0. The molecular formula is C75H152. The van der Waals surface area contributed by atoms with E-state index in [0.29, 0.717) is 0 Å². The Morgan fingerprint density at radius 1 is 0.0667 bits per heavy atom. The molecule has 0 unspecified atom stereocenters. The largest absolute Gasteiger partial charge is 0.0654 e. The molecule has 0 aliphatic carbocycles. The van der Waals surface area contributed by atoms with Crippen molar-refractivity contribution < 1.29 is 0 Å². The molecule has 0 fully saturated rings. The first-order valence-electron chi connectivity index (χ1n) is 37.4. The van der Waals surface area contributed by atoms with E-state index in [-0.39, 0.29) is 0 Å². The van der Waals surface area contributed by atoms with Crippen LogP contribution in [0.5, 0.6) is 0 Å². The highest BCUT2D eigenvalue weighted by Crippen LogP contribution is 2.21. The molecule has 0 aromatic rings. The number of unbranched alkanes of at least 4 members (excludes halogenated alkanes) is 72. The van der Waals surface area contributed by atoms with Gasteiger partial charge < -0.3 is 0 Å². The van der Waals surface area contributed by atoms with Gasteiger partial charge in [-0.1, -0.05) is 483 Å². The van der Waals surface area contributed by atoms with E-state index in [2.05, 4.69) is 13.8 Å². The smallest absolute Gasteiger partial charge is 0.0533 e. The fourth-order valence-electron chi connectivity index (χ4n) is 12.7. The molecule has 0 aliphatic heterocycles. The molecule has 0 atom stereocenters. The molecule has 452 valence electrons. The van der Waals surface area contributed by atoms with Crippen LogP contribution in [0.3, 0.4) is 0 Å². The Labute approximate surface area is 480 Å². The lowest BCUT2D eigenvalue weighted by atomic mass is 10.0. The van der Waals surface area contributed by atoms with Crippen molar-refractivity contribution in [1.82, 2.24) is 0 Å². The molecule has 0 N–H and O–H groups in total. The molecule has 0 aliphatic rings. The van der Waals surface area contributed by atoms with Crippen LogP contribution in [0.4, 0.5) is 0 Å². The van der Waals surface area contributed by atoms with Gasteiger partial charge in [0.1, 0.15) is 0 Å². The van der Waals surface area contributed by atoms with Gasteiger partial charge in [0.25, 0.3) is 0 Å². The summed E-state index contributed by atoms with van der Waals surface area (Å²) in [5.41, 5.74) is 0. The summed E-state index contributed by atoms with van der Waals surface area (Å²) in [6.45, 7) is 4.63. The predicted molar refractivity (Wildman–Crippen MR) is 348 cm³/mol. The van der Waals surface area contributed by atoms with E-state index in [9.17, 15) is 0 Å². The molecule has 0 heteroatoms. The van der Waals surface area contributed by atoms with Crippen LogP contribution in [0.15, 0.2) is 0 Å². The third-order valence-corrected chi connectivity index (χ3v) is 18.2. The lowest BCUT2D eigenvalue weighted by Gasteiger charge is -2.05. The first kappa shape index (κ1) is 75.0. The van der Waals surface area contributed by atoms with Gasteiger partial charge in [-0.3, -0.25) is 0 Å². The summed E-state index contributed by atoms with van der Waals surface area (Å²) in [5, 5.41) is 0. The average Bonchev–Trinajstić information content (AvgIpc) is 3.42. The highest BCUT2D eigenvalue weighted by Gasteiger charge is 2.01. The van der Waals surface area contributed by atoms with E-state index in [1.54, 1.807) is 0 Å². The summed E-state index contributed by atoms with van der Waals surface area (Å²) in [7, 11) is 0. The molecule has 0 saturated carbocycles. The SMILES string of the molecule is CCCCCCCCCCCCCCCCCCCCCCCCCCCCCCCCCCCCCCCCCCCCCCCCCCCCCCCCCCCCCCCCCCCCCCCCCCC. The van der Waals surface area contributed by atoms with Crippen molar-refractivity contribution in [2.24, 2.45) is 0 Å². The standard InChI is InChI=1S/C75H152/c1-3-5-7-9-11-13-15-17-19-21-23-25-27-29-31-33-35-37-39-41-43-45-47-49-51-53-55-57-59-61-63-65-67-69-71-73-75-74-72-70-68-66-64-62-60-58-56-54-52-50-48-46-44-42-40-38-36-34-32-30-28-26-24-22-20-18-16-14-12-10-8-6-4-2/h3-75H2,1-2H3. The molecule has 0 saturated heterocycles. The summed E-state index contributed by atoms with van der Waals surface area (Å²) in [6.07, 6.45) is 109. The van der Waals surface area contributed by atoms with Gasteiger partial charge in [0.05, 0.1) is 0 Å². The zero-order chi connectivity index (χ0) is 53.6. The minimum absolute atomic E-state index is 1.37. The number of rotatable bonds is 72. The van der Waals surface area contributed by atoms with Crippen LogP contribution in [-0.4, -0.2) is 0 Å². The van der Waals surface area contributed by atoms with Crippen molar-refractivity contribution >= 4 is 0 Å². The van der Waals surface area contributed by atoms with Crippen LogP contribution in [0.2, 0.25) is 0 Å². The van der Waals surface area contributed by atoms with Crippen molar-refractivity contribution in [2.75, 3.05) is 0 Å². The van der Waals surface area contributed by atoms with Gasteiger partial charge in [-0.05, 0) is 0 Å². The third kappa shape index (κ3) is 74.0. The Bertz CT molecular complexity index is 832. The molecule has 0 nitrogen and oxygen atoms in total. The van der Waals surface area contributed by atoms with Gasteiger partial charge in [0.15, 0.2) is 0 Å². The van der Waals surface area contributed by atoms with Crippen molar-refractivity contribution in [3.63, 3.8) is 0 Å². The molecule has 0 spiro atoms. The molecular weight excluding hydrogens is 901 g/mol. The van der Waals surface area contributed by atoms with Gasteiger partial charge in [0, 0.05) is 0 Å². The minimum Gasteiger partial charge on any atom is -0.0654 e. The van der Waals surface area contributed by atoms with Crippen LogP contribution < -0.4 is 0 Å². The second-order valence-corrected chi connectivity index (χ2v) is 26.1. The van der Waals surface area contributed by atoms with Gasteiger partial charge in [-0.15, -0.1) is 0 Å². The first-order chi connectivity index (χ1) is 37.4. The topological polar surface area (TPSA) is 0 Å². The van der Waals surface area contributed by atoms with E-state index in [1.807, 2.05) is 0 Å². The maximum atomic E-state index is 2.32. The molecule has 0 rings (SSSR count). The van der Waals surface area contributed by atoms with Gasteiger partial charge in [0.2, 0.25) is 0 Å². The lowest BCUT2D eigenvalue weighted by Crippen LogP contribution is -1.85. The van der Waals surface area contributed by atoms with Crippen molar-refractivity contribution in [3.05, 3.63) is 0 Å². The molecule has 0 radical (unpaired) electrons. The Balaban J connectivity index is 3.07. The summed E-state index contributed by atoms with van der Waals surface area (Å²) in [5.74, 6) is 0. The normalized spacial score (nSPS) is 11.8. The van der Waals surface area contributed by atoms with Gasteiger partial charge >= 0.3 is 0 Å². The molecule has 0 heterocycles. The van der Waals surface area contributed by atoms with E-state index >= 15 is 0 Å². The summed E-state index contributed by atoms with van der Waals surface area (Å²) in [4.78, 5) is 0. The van der Waals surface area contributed by atoms with Crippen molar-refractivity contribution in [1.29, 1.82) is 0 Å². The highest BCUT2D eigenvalue weighted by molar-refractivity contribution is 4.57. The minimum atomic E-state index is 1.37. The molecule has 75 heavy (non-hydrogen) atoms. The van der Waals surface area contributed by atoms with Gasteiger partial charge in [-0.25, -0.2) is 0 Å². The second-order valence-electron chi connectivity index (χ2n) is 26.1. The maximum Gasteiger partial charge on any atom is -0.0533 e. The van der Waals surface area contributed by atoms with Crippen molar-refractivity contribution in [3.8, 4) is 0 Å². The molecule has 0 aromatic heterocycles. The van der Waals surface area contributed by atoms with Crippen LogP contribution >= 0.6 is 0 Å². The van der Waals surface area contributed by atoms with E-state index < -0.39 is 0 Å². The predicted octanol–water partition coefficient (Wildman–Crippen LogP) is 29.5. The fraction of sp³-hybridized carbons (Fsp3) is 1.00. The fourth-order valence-corrected chi connectivity index (χ4v) is 12.7. The Morgan fingerprint density at radius 2 is 0.107 bits per heavy atom. The maximum absolute atomic E-state index is 2.32. The van der Waals surface area contributed by atoms with Crippen molar-refractivity contribution in [2.45, 2.75) is 483 Å². The van der Waals surface area contributed by atoms with Crippen LogP contribution in [-0.2, 0) is 0 Å². The third-order valence-electron chi connectivity index (χ3n) is 18.2.